The van der Waals surface area contributed by atoms with Gasteiger partial charge in [0.25, 0.3) is 5.91 Å². The van der Waals surface area contributed by atoms with Crippen LogP contribution in [0.4, 0.5) is 11.4 Å². The first-order valence-electron chi connectivity index (χ1n) is 10.2. The minimum atomic E-state index is -0.459. The Morgan fingerprint density at radius 1 is 1.03 bits per heavy atom. The van der Waals surface area contributed by atoms with E-state index >= 15 is 0 Å². The molecule has 156 valence electrons. The van der Waals surface area contributed by atoms with Crippen molar-refractivity contribution in [3.05, 3.63) is 78.0 Å². The molecule has 0 radical (unpaired) electrons. The van der Waals surface area contributed by atoms with Gasteiger partial charge in [-0.05, 0) is 36.8 Å². The Morgan fingerprint density at radius 2 is 1.74 bits per heavy atom. The van der Waals surface area contributed by atoms with Gasteiger partial charge in [0.1, 0.15) is 17.4 Å². The zero-order chi connectivity index (χ0) is 21.8. The molecule has 3 aromatic carbocycles. The highest BCUT2D eigenvalue weighted by molar-refractivity contribution is 6.11. The quantitative estimate of drug-likeness (QED) is 0.500. The van der Waals surface area contributed by atoms with Crippen LogP contribution in [-0.2, 0) is 4.79 Å². The second-order valence-corrected chi connectivity index (χ2v) is 7.65. The van der Waals surface area contributed by atoms with Crippen LogP contribution in [0.1, 0.15) is 5.56 Å². The molecule has 1 saturated heterocycles. The van der Waals surface area contributed by atoms with Gasteiger partial charge >= 0.3 is 0 Å². The maximum absolute atomic E-state index is 12.8. The molecule has 0 aromatic heterocycles. The molecule has 6 heteroatoms. The number of amides is 1. The SMILES string of the molecule is Cc1cccc(N2CCN(/C=C(/C#N)C(=O)Nc3cccc4c(O)cccc34)CC2)c1. The summed E-state index contributed by atoms with van der Waals surface area (Å²) < 4.78 is 0. The summed E-state index contributed by atoms with van der Waals surface area (Å²) in [6, 6.07) is 20.9. The van der Waals surface area contributed by atoms with Crippen LogP contribution in [0.15, 0.2) is 72.4 Å². The number of hydrogen-bond donors (Lipinski definition) is 2. The molecule has 31 heavy (non-hydrogen) atoms. The molecule has 1 amide bonds. The van der Waals surface area contributed by atoms with Gasteiger partial charge in [-0.1, -0.05) is 36.4 Å². The highest BCUT2D eigenvalue weighted by Crippen LogP contribution is 2.30. The third kappa shape index (κ3) is 4.46. The lowest BCUT2D eigenvalue weighted by atomic mass is 10.1. The molecule has 1 fully saturated rings. The number of benzene rings is 3. The van der Waals surface area contributed by atoms with E-state index in [1.54, 1.807) is 36.5 Å². The summed E-state index contributed by atoms with van der Waals surface area (Å²) in [6.45, 7) is 5.19. The Bertz CT molecular complexity index is 1190. The van der Waals surface area contributed by atoms with Crippen molar-refractivity contribution in [1.82, 2.24) is 4.90 Å². The molecule has 4 rings (SSSR count). The fourth-order valence-electron chi connectivity index (χ4n) is 3.85. The summed E-state index contributed by atoms with van der Waals surface area (Å²) in [7, 11) is 0. The molecule has 1 aliphatic heterocycles. The lowest BCUT2D eigenvalue weighted by molar-refractivity contribution is -0.112. The van der Waals surface area contributed by atoms with E-state index in [1.165, 1.54) is 11.3 Å². The van der Waals surface area contributed by atoms with Crippen LogP contribution < -0.4 is 10.2 Å². The Hall–Kier alpha value is -3.98. The van der Waals surface area contributed by atoms with Gasteiger partial charge in [-0.2, -0.15) is 5.26 Å². The van der Waals surface area contributed by atoms with Gasteiger partial charge < -0.3 is 20.2 Å². The van der Waals surface area contributed by atoms with Gasteiger partial charge in [-0.3, -0.25) is 4.79 Å². The molecule has 0 saturated carbocycles. The average Bonchev–Trinajstić information content (AvgIpc) is 2.78. The Kier molecular flexibility index (Phi) is 5.76. The molecule has 0 atom stereocenters. The summed E-state index contributed by atoms with van der Waals surface area (Å²) in [5.41, 5.74) is 3.04. The number of phenolic OH excluding ortho intramolecular Hbond substituents is 1. The highest BCUT2D eigenvalue weighted by Gasteiger charge is 2.18. The smallest absolute Gasteiger partial charge is 0.267 e. The predicted octanol–water partition coefficient (Wildman–Crippen LogP) is 4.02. The maximum Gasteiger partial charge on any atom is 0.267 e. The van der Waals surface area contributed by atoms with Gasteiger partial charge in [0, 0.05) is 54.5 Å². The Balaban J connectivity index is 1.45. The number of carbonyl (C=O) groups is 1. The van der Waals surface area contributed by atoms with Crippen LogP contribution >= 0.6 is 0 Å². The van der Waals surface area contributed by atoms with Crippen molar-refractivity contribution in [3.8, 4) is 11.8 Å². The van der Waals surface area contributed by atoms with Crippen LogP contribution in [0.3, 0.4) is 0 Å². The minimum Gasteiger partial charge on any atom is -0.507 e. The molecule has 3 aromatic rings. The van der Waals surface area contributed by atoms with Crippen molar-refractivity contribution in [3.63, 3.8) is 0 Å². The molecule has 0 bridgehead atoms. The first-order valence-corrected chi connectivity index (χ1v) is 10.2. The first-order chi connectivity index (χ1) is 15.0. The Morgan fingerprint density at radius 3 is 2.48 bits per heavy atom. The zero-order valence-electron chi connectivity index (χ0n) is 17.4. The highest BCUT2D eigenvalue weighted by atomic mass is 16.3. The van der Waals surface area contributed by atoms with E-state index in [0.29, 0.717) is 11.1 Å². The topological polar surface area (TPSA) is 79.6 Å². The van der Waals surface area contributed by atoms with Gasteiger partial charge in [0.05, 0.1) is 0 Å². The molecule has 0 aliphatic carbocycles. The number of fused-ring (bicyclic) bond motifs is 1. The average molecular weight is 412 g/mol. The van der Waals surface area contributed by atoms with E-state index in [2.05, 4.69) is 41.4 Å². The van der Waals surface area contributed by atoms with Crippen molar-refractivity contribution in [2.75, 3.05) is 36.4 Å². The Labute approximate surface area is 181 Å². The number of piperazine rings is 1. The van der Waals surface area contributed by atoms with Crippen LogP contribution in [0.2, 0.25) is 0 Å². The summed E-state index contributed by atoms with van der Waals surface area (Å²) in [5, 5.41) is 23.8. The number of anilines is 2. The molecular formula is C25H24N4O2. The van der Waals surface area contributed by atoms with E-state index in [-0.39, 0.29) is 11.3 Å². The molecule has 0 spiro atoms. The largest absolute Gasteiger partial charge is 0.507 e. The number of phenols is 1. The van der Waals surface area contributed by atoms with Crippen LogP contribution in [0.25, 0.3) is 10.8 Å². The zero-order valence-corrected chi connectivity index (χ0v) is 17.4. The molecule has 0 unspecified atom stereocenters. The normalized spacial score (nSPS) is 14.4. The lowest BCUT2D eigenvalue weighted by Gasteiger charge is -2.35. The number of hydrogen-bond acceptors (Lipinski definition) is 5. The number of aryl methyl sites for hydroxylation is 1. The fourth-order valence-corrected chi connectivity index (χ4v) is 3.85. The molecule has 1 heterocycles. The van der Waals surface area contributed by atoms with E-state index < -0.39 is 5.91 Å². The van der Waals surface area contributed by atoms with Crippen molar-refractivity contribution in [1.29, 1.82) is 5.26 Å². The van der Waals surface area contributed by atoms with Crippen molar-refractivity contribution < 1.29 is 9.90 Å². The standard InChI is InChI=1S/C25H24N4O2/c1-18-5-2-6-20(15-18)29-13-11-28(12-14-29)17-19(16-26)25(31)27-23-9-3-8-22-21(23)7-4-10-24(22)30/h2-10,15,17,30H,11-14H2,1H3,(H,27,31)/b19-17-. The van der Waals surface area contributed by atoms with Gasteiger partial charge in [-0.25, -0.2) is 0 Å². The van der Waals surface area contributed by atoms with Crippen molar-refractivity contribution >= 4 is 28.1 Å². The number of aromatic hydroxyl groups is 1. The second-order valence-electron chi connectivity index (χ2n) is 7.65. The molecule has 6 nitrogen and oxygen atoms in total. The van der Waals surface area contributed by atoms with Crippen molar-refractivity contribution in [2.45, 2.75) is 6.92 Å². The maximum atomic E-state index is 12.8. The summed E-state index contributed by atoms with van der Waals surface area (Å²) in [4.78, 5) is 17.1. The number of rotatable bonds is 4. The van der Waals surface area contributed by atoms with E-state index in [1.807, 2.05) is 17.0 Å². The summed E-state index contributed by atoms with van der Waals surface area (Å²) >= 11 is 0. The summed E-state index contributed by atoms with van der Waals surface area (Å²) in [6.07, 6.45) is 1.64. The van der Waals surface area contributed by atoms with E-state index in [4.69, 9.17) is 0 Å². The summed E-state index contributed by atoms with van der Waals surface area (Å²) in [5.74, 6) is -0.310. The van der Waals surface area contributed by atoms with Gasteiger partial charge in [0.15, 0.2) is 0 Å². The number of carbonyl (C=O) groups excluding carboxylic acids is 1. The molecule has 2 N–H and O–H groups in total. The monoisotopic (exact) mass is 412 g/mol. The molecular weight excluding hydrogens is 388 g/mol. The van der Waals surface area contributed by atoms with Crippen LogP contribution in [-0.4, -0.2) is 42.1 Å². The fraction of sp³-hybridized carbons (Fsp3) is 0.200. The van der Waals surface area contributed by atoms with Crippen molar-refractivity contribution in [2.24, 2.45) is 0 Å². The number of nitrogens with one attached hydrogen (secondary N) is 1. The third-order valence-corrected chi connectivity index (χ3v) is 5.51. The lowest BCUT2D eigenvalue weighted by Crippen LogP contribution is -2.44. The molecule has 1 aliphatic rings. The van der Waals surface area contributed by atoms with E-state index in [0.717, 1.165) is 31.6 Å². The van der Waals surface area contributed by atoms with E-state index in [9.17, 15) is 15.2 Å². The van der Waals surface area contributed by atoms with Gasteiger partial charge in [-0.15, -0.1) is 0 Å². The third-order valence-electron chi connectivity index (χ3n) is 5.51. The second kappa shape index (κ2) is 8.80. The number of nitrogens with zero attached hydrogens (tertiary/aromatic N) is 3. The van der Waals surface area contributed by atoms with Crippen LogP contribution in [0, 0.1) is 18.3 Å². The van der Waals surface area contributed by atoms with Gasteiger partial charge in [0.2, 0.25) is 0 Å². The number of nitriles is 1. The van der Waals surface area contributed by atoms with Crippen LogP contribution in [0.5, 0.6) is 5.75 Å². The first kappa shape index (κ1) is 20.3. The minimum absolute atomic E-state index is 0.0566. The predicted molar refractivity (Wildman–Crippen MR) is 123 cm³/mol.